The van der Waals surface area contributed by atoms with E-state index in [-0.39, 0.29) is 0 Å². The van der Waals surface area contributed by atoms with Gasteiger partial charge in [-0.2, -0.15) is 0 Å². The van der Waals surface area contributed by atoms with Crippen LogP contribution in [0, 0.1) is 0 Å². The molecule has 2 aliphatic carbocycles. The summed E-state index contributed by atoms with van der Waals surface area (Å²) in [6, 6.07) is 41.4. The van der Waals surface area contributed by atoms with Gasteiger partial charge in [-0.15, -0.1) is 0 Å². The quantitative estimate of drug-likeness (QED) is 0.256. The summed E-state index contributed by atoms with van der Waals surface area (Å²) >= 11 is -4.49. The summed E-state index contributed by atoms with van der Waals surface area (Å²) in [6.07, 6.45) is 4.92. The van der Waals surface area contributed by atoms with Crippen LogP contribution in [0.5, 0.6) is 0 Å². The van der Waals surface area contributed by atoms with Gasteiger partial charge in [0.15, 0.2) is 0 Å². The van der Waals surface area contributed by atoms with Crippen molar-refractivity contribution < 1.29 is 18.3 Å². The fraction of sp³-hybridized carbons (Fsp3) is 0.147. The Morgan fingerprint density at radius 2 is 0.886 bits per heavy atom. The Kier molecular flexibility index (Phi) is 5.39. The first-order chi connectivity index (χ1) is 17.1. The van der Waals surface area contributed by atoms with E-state index >= 15 is 0 Å². The zero-order chi connectivity index (χ0) is 24.1. The molecule has 6 rings (SSSR count). The second-order valence-corrected chi connectivity index (χ2v) is 24.8. The van der Waals surface area contributed by atoms with E-state index in [1.807, 2.05) is 0 Å². The van der Waals surface area contributed by atoms with Gasteiger partial charge in [0.25, 0.3) is 0 Å². The molecule has 0 aromatic heterocycles. The predicted molar refractivity (Wildman–Crippen MR) is 150 cm³/mol. The minimum atomic E-state index is -4.49. The molecule has 0 amide bonds. The zero-order valence-electron chi connectivity index (χ0n) is 20.8. The third-order valence-electron chi connectivity index (χ3n) is 8.99. The third-order valence-corrected chi connectivity index (χ3v) is 29.9. The SMILES string of the molecule is C[CH]=[Zr]([c]1ccccc1)([c]1ccccc1)([CH]1C(C)=Cc2ccccc21)[CH]1C(C)=Cc2ccccc21. The average molecular weight is 532 g/mol. The maximum absolute atomic E-state index is 4.49. The van der Waals surface area contributed by atoms with Crippen molar-refractivity contribution in [2.75, 3.05) is 0 Å². The molecule has 2 unspecified atom stereocenters. The van der Waals surface area contributed by atoms with Gasteiger partial charge >= 0.3 is 211 Å². The van der Waals surface area contributed by atoms with Crippen molar-refractivity contribution in [3.05, 3.63) is 143 Å². The molecule has 0 saturated heterocycles. The van der Waals surface area contributed by atoms with Crippen LogP contribution in [0.2, 0.25) is 0 Å². The van der Waals surface area contributed by atoms with Crippen LogP contribution in [0.4, 0.5) is 0 Å². The molecule has 172 valence electrons. The molecule has 1 heteroatoms. The molecule has 2 aliphatic rings. The van der Waals surface area contributed by atoms with Crippen molar-refractivity contribution in [1.82, 2.24) is 0 Å². The average Bonchev–Trinajstić information content (AvgIpc) is 3.44. The van der Waals surface area contributed by atoms with Gasteiger partial charge in [-0.1, -0.05) is 0 Å². The van der Waals surface area contributed by atoms with Gasteiger partial charge in [0, 0.05) is 0 Å². The van der Waals surface area contributed by atoms with Gasteiger partial charge < -0.3 is 0 Å². The molecule has 0 aliphatic heterocycles. The molecule has 0 N–H and O–H groups in total. The van der Waals surface area contributed by atoms with Crippen molar-refractivity contribution in [1.29, 1.82) is 0 Å². The molecule has 2 atom stereocenters. The van der Waals surface area contributed by atoms with E-state index in [4.69, 9.17) is 0 Å². The van der Waals surface area contributed by atoms with Crippen LogP contribution in [0.15, 0.2) is 120 Å². The van der Waals surface area contributed by atoms with Crippen LogP contribution >= 0.6 is 0 Å². The molecule has 4 aromatic carbocycles. The van der Waals surface area contributed by atoms with E-state index in [2.05, 4.69) is 146 Å². The summed E-state index contributed by atoms with van der Waals surface area (Å²) in [6.45, 7) is 7.15. The number of benzene rings is 4. The molecular formula is C34H32Zr. The van der Waals surface area contributed by atoms with Crippen LogP contribution in [0.25, 0.3) is 12.2 Å². The van der Waals surface area contributed by atoms with Gasteiger partial charge in [0.1, 0.15) is 0 Å². The predicted octanol–water partition coefficient (Wildman–Crippen LogP) is 7.47. The van der Waals surface area contributed by atoms with Crippen LogP contribution in [0.3, 0.4) is 0 Å². The van der Waals surface area contributed by atoms with Crippen LogP contribution in [0.1, 0.15) is 50.3 Å². The summed E-state index contributed by atoms with van der Waals surface area (Å²) in [4.78, 5) is 0. The van der Waals surface area contributed by atoms with Crippen molar-refractivity contribution >= 4 is 22.4 Å². The summed E-state index contributed by atoms with van der Waals surface area (Å²) in [7, 11) is 0. The second kappa shape index (κ2) is 8.35. The van der Waals surface area contributed by atoms with Crippen molar-refractivity contribution in [3.8, 4) is 0 Å². The molecule has 35 heavy (non-hydrogen) atoms. The zero-order valence-corrected chi connectivity index (χ0v) is 23.2. The van der Waals surface area contributed by atoms with E-state index in [1.165, 1.54) is 33.4 Å². The van der Waals surface area contributed by atoms with Crippen LogP contribution in [-0.2, 0) is 18.3 Å². The molecule has 0 radical (unpaired) electrons. The van der Waals surface area contributed by atoms with Gasteiger partial charge in [0.05, 0.1) is 0 Å². The normalized spacial score (nSPS) is 19.0. The van der Waals surface area contributed by atoms with Gasteiger partial charge in [-0.25, -0.2) is 0 Å². The maximum atomic E-state index is 2.75. The fourth-order valence-corrected chi connectivity index (χ4v) is 30.5. The Bertz CT molecular complexity index is 1430. The first-order valence-electron chi connectivity index (χ1n) is 12.7. The van der Waals surface area contributed by atoms with E-state index < -0.39 is 18.3 Å². The fourth-order valence-electron chi connectivity index (χ4n) is 7.90. The second-order valence-electron chi connectivity index (χ2n) is 10.4. The molecule has 0 spiro atoms. The van der Waals surface area contributed by atoms with Crippen molar-refractivity contribution in [2.45, 2.75) is 28.0 Å². The minimum absolute atomic E-state index is 0.363. The first kappa shape index (κ1) is 22.6. The Labute approximate surface area is 210 Å². The van der Waals surface area contributed by atoms with Crippen LogP contribution in [-0.4, -0.2) is 3.71 Å². The molecular weight excluding hydrogens is 500 g/mol. The van der Waals surface area contributed by atoms with Crippen molar-refractivity contribution in [2.24, 2.45) is 0 Å². The molecule has 0 bridgehead atoms. The van der Waals surface area contributed by atoms with Crippen LogP contribution < -0.4 is 6.54 Å². The summed E-state index contributed by atoms with van der Waals surface area (Å²) in [5, 5.41) is 0. The van der Waals surface area contributed by atoms with E-state index in [9.17, 15) is 0 Å². The topological polar surface area (TPSA) is 0 Å². The van der Waals surface area contributed by atoms with Gasteiger partial charge in [-0.05, 0) is 0 Å². The van der Waals surface area contributed by atoms with Crippen molar-refractivity contribution in [3.63, 3.8) is 0 Å². The summed E-state index contributed by atoms with van der Waals surface area (Å²) in [5.74, 6) is 0. The Morgan fingerprint density at radius 1 is 0.514 bits per heavy atom. The first-order valence-corrected chi connectivity index (χ1v) is 19.4. The molecule has 0 heterocycles. The Morgan fingerprint density at radius 3 is 1.29 bits per heavy atom. The number of hydrogen-bond acceptors (Lipinski definition) is 0. The van der Waals surface area contributed by atoms with E-state index in [1.54, 1.807) is 6.54 Å². The Hall–Kier alpha value is -2.89. The number of allylic oxidation sites excluding steroid dienone is 2. The number of rotatable bonds is 4. The standard InChI is InChI=1S/2C10H9.2C6H5.C2H4.Zr/c2*1-8-6-9-4-2-3-5-10(9)7-8;2*1-2-4-6-5-3-1;1-2;/h2*2-7H,1H3;2*1-5H;1H,2H3;. The summed E-state index contributed by atoms with van der Waals surface area (Å²) < 4.78 is 6.57. The number of hydrogen-bond donors (Lipinski definition) is 0. The molecule has 4 aromatic rings. The molecule has 0 nitrogen and oxygen atoms in total. The van der Waals surface area contributed by atoms with E-state index in [0.29, 0.717) is 7.25 Å². The summed E-state index contributed by atoms with van der Waals surface area (Å²) in [5.41, 5.74) is 8.77. The monoisotopic (exact) mass is 530 g/mol. The molecule has 0 fully saturated rings. The molecule has 0 saturated carbocycles. The third kappa shape index (κ3) is 2.92. The van der Waals surface area contributed by atoms with Gasteiger partial charge in [0.2, 0.25) is 0 Å². The Balaban J connectivity index is 1.88. The van der Waals surface area contributed by atoms with E-state index in [0.717, 1.165) is 0 Å². The van der Waals surface area contributed by atoms with Gasteiger partial charge in [-0.3, -0.25) is 0 Å². The number of fused-ring (bicyclic) bond motifs is 2.